The fourth-order valence-corrected chi connectivity index (χ4v) is 4.48. The van der Waals surface area contributed by atoms with Crippen LogP contribution in [0.1, 0.15) is 56.7 Å². The number of ether oxygens (including phenoxy) is 2. The third-order valence-corrected chi connectivity index (χ3v) is 6.36. The molecule has 2 aliphatic rings. The van der Waals surface area contributed by atoms with Crippen molar-refractivity contribution in [3.05, 3.63) is 23.3 Å². The van der Waals surface area contributed by atoms with Gasteiger partial charge in [-0.1, -0.05) is 13.8 Å². The van der Waals surface area contributed by atoms with Gasteiger partial charge in [0.25, 0.3) is 0 Å². The van der Waals surface area contributed by atoms with Crippen molar-refractivity contribution in [2.45, 2.75) is 52.0 Å². The summed E-state index contributed by atoms with van der Waals surface area (Å²) in [6.07, 6.45) is 3.83. The van der Waals surface area contributed by atoms with E-state index in [4.69, 9.17) is 9.47 Å². The fourth-order valence-electron chi connectivity index (χ4n) is 4.48. The van der Waals surface area contributed by atoms with Gasteiger partial charge in [-0.3, -0.25) is 14.1 Å². The van der Waals surface area contributed by atoms with Crippen LogP contribution in [0.5, 0.6) is 11.5 Å². The first kappa shape index (κ1) is 26.1. The van der Waals surface area contributed by atoms with Crippen molar-refractivity contribution in [1.29, 1.82) is 0 Å². The minimum atomic E-state index is -0.290. The molecular weight excluding hydrogens is 408 g/mol. The SMILES string of the molecule is COc1cc2c(cc1OC)[C@@H]1CC(=O)[C@@H](CCC(C)(C)CC[18F])CN1CC2.S.S. The van der Waals surface area contributed by atoms with Crippen LogP contribution in [0, 0.1) is 11.3 Å². The highest BCUT2D eigenvalue weighted by Crippen LogP contribution is 2.43. The predicted molar refractivity (Wildman–Crippen MR) is 125 cm³/mol. The Morgan fingerprint density at radius 1 is 1.14 bits per heavy atom. The zero-order chi connectivity index (χ0) is 19.6. The quantitative estimate of drug-likeness (QED) is 0.617. The van der Waals surface area contributed by atoms with E-state index in [0.717, 1.165) is 43.9 Å². The molecule has 2 aliphatic heterocycles. The first-order valence-corrected chi connectivity index (χ1v) is 9.96. The number of rotatable bonds is 7. The van der Waals surface area contributed by atoms with Gasteiger partial charge in [-0.25, -0.2) is 0 Å². The summed E-state index contributed by atoms with van der Waals surface area (Å²) in [5.74, 6) is 1.89. The number of benzene rings is 1. The Bertz CT molecular complexity index is 699. The number of carbonyl (C=O) groups excluding carboxylic acids is 1. The Labute approximate surface area is 188 Å². The maximum absolute atomic E-state index is 12.9. The number of methoxy groups -OCH3 is 2. The zero-order valence-corrected chi connectivity index (χ0v) is 20.0. The van der Waals surface area contributed by atoms with E-state index in [-0.39, 0.29) is 51.0 Å². The molecule has 0 spiro atoms. The monoisotopic (exact) mass is 444 g/mol. The molecule has 7 heteroatoms. The van der Waals surface area contributed by atoms with Gasteiger partial charge in [-0.05, 0) is 54.4 Å². The number of carbonyl (C=O) groups is 1. The van der Waals surface area contributed by atoms with E-state index < -0.39 is 0 Å². The molecule has 0 N–H and O–H groups in total. The molecule has 0 aliphatic carbocycles. The first-order chi connectivity index (χ1) is 12.9. The van der Waals surface area contributed by atoms with E-state index in [0.29, 0.717) is 18.6 Å². The van der Waals surface area contributed by atoms with Gasteiger partial charge >= 0.3 is 0 Å². The Hall–Kier alpha value is -0.920. The molecular formula is C22H36FNO3S2. The molecule has 0 bridgehead atoms. The molecule has 1 aromatic rings. The minimum Gasteiger partial charge on any atom is -0.493 e. The van der Waals surface area contributed by atoms with Gasteiger partial charge in [0.05, 0.1) is 20.9 Å². The second-order valence-corrected chi connectivity index (χ2v) is 8.68. The number of piperidine rings is 1. The molecule has 1 fully saturated rings. The molecule has 0 aromatic heterocycles. The molecule has 4 nitrogen and oxygen atoms in total. The Morgan fingerprint density at radius 3 is 2.41 bits per heavy atom. The van der Waals surface area contributed by atoms with Crippen LogP contribution in [-0.4, -0.2) is 44.7 Å². The van der Waals surface area contributed by atoms with Crippen LogP contribution in [0.2, 0.25) is 0 Å². The number of hydrogen-bond donors (Lipinski definition) is 0. The topological polar surface area (TPSA) is 38.8 Å². The summed E-state index contributed by atoms with van der Waals surface area (Å²) in [5, 5.41) is 0. The summed E-state index contributed by atoms with van der Waals surface area (Å²) < 4.78 is 23.6. The second-order valence-electron chi connectivity index (χ2n) is 8.68. The lowest BCUT2D eigenvalue weighted by molar-refractivity contribution is -0.129. The van der Waals surface area contributed by atoms with Gasteiger partial charge < -0.3 is 9.47 Å². The maximum Gasteiger partial charge on any atom is 0.161 e. The summed E-state index contributed by atoms with van der Waals surface area (Å²) in [6, 6.07) is 4.24. The van der Waals surface area contributed by atoms with Crippen LogP contribution in [0.4, 0.5) is 4.39 Å². The van der Waals surface area contributed by atoms with Crippen molar-refractivity contribution in [2.75, 3.05) is 34.0 Å². The highest BCUT2D eigenvalue weighted by Gasteiger charge is 2.38. The van der Waals surface area contributed by atoms with Crippen LogP contribution in [0.25, 0.3) is 0 Å². The van der Waals surface area contributed by atoms with Gasteiger partial charge in [0, 0.05) is 31.5 Å². The number of hydrogen-bond acceptors (Lipinski definition) is 4. The van der Waals surface area contributed by atoms with Crippen LogP contribution in [0.3, 0.4) is 0 Å². The van der Waals surface area contributed by atoms with Crippen LogP contribution in [-0.2, 0) is 11.2 Å². The smallest absolute Gasteiger partial charge is 0.161 e. The van der Waals surface area contributed by atoms with Gasteiger partial charge in [0.1, 0.15) is 5.78 Å². The predicted octanol–water partition coefficient (Wildman–Crippen LogP) is 4.58. The molecule has 1 saturated heterocycles. The Morgan fingerprint density at radius 2 is 1.79 bits per heavy atom. The van der Waals surface area contributed by atoms with Gasteiger partial charge in [-0.2, -0.15) is 27.0 Å². The van der Waals surface area contributed by atoms with Crippen molar-refractivity contribution in [3.63, 3.8) is 0 Å². The van der Waals surface area contributed by atoms with Gasteiger partial charge in [0.2, 0.25) is 0 Å². The Balaban J connectivity index is 0.00000210. The van der Waals surface area contributed by atoms with E-state index in [9.17, 15) is 9.18 Å². The van der Waals surface area contributed by atoms with Crippen molar-refractivity contribution in [2.24, 2.45) is 11.3 Å². The standard InChI is InChI=1S/C22H32FNO3.2H2S/c1-22(2,8-9-23)7-5-16-14-24-10-6-15-11-20(26-3)21(27-4)12-17(15)18(24)13-19(16)25;;/h11-12,16,18H,5-10,13-14H2,1-4H3;2*1H2/t16-,18-;;/m0../s1/i23-1;;. The lowest BCUT2D eigenvalue weighted by Crippen LogP contribution is -2.46. The number of ketones is 1. The number of fused-ring (bicyclic) bond motifs is 3. The van der Waals surface area contributed by atoms with Crippen molar-refractivity contribution >= 4 is 32.8 Å². The van der Waals surface area contributed by atoms with Crippen LogP contribution >= 0.6 is 27.0 Å². The minimum absolute atomic E-state index is 0. The average Bonchev–Trinajstić information content (AvgIpc) is 2.65. The summed E-state index contributed by atoms with van der Waals surface area (Å²) in [6.45, 7) is 5.68. The molecule has 0 amide bonds. The lowest BCUT2D eigenvalue weighted by Gasteiger charge is -2.43. The molecule has 0 saturated carbocycles. The van der Waals surface area contributed by atoms with E-state index in [1.54, 1.807) is 14.2 Å². The van der Waals surface area contributed by atoms with Crippen LogP contribution < -0.4 is 9.47 Å². The molecule has 1 aromatic carbocycles. The summed E-state index contributed by atoms with van der Waals surface area (Å²) in [5.41, 5.74) is 2.41. The number of halogens is 1. The number of alkyl halides is 1. The molecule has 3 rings (SSSR count). The molecule has 2 heterocycles. The number of Topliss-reactive ketones (excluding diaryl/α,β-unsaturated/α-hetero) is 1. The highest BCUT2D eigenvalue weighted by atomic mass is 32.1. The highest BCUT2D eigenvalue weighted by molar-refractivity contribution is 7.59. The molecule has 29 heavy (non-hydrogen) atoms. The summed E-state index contributed by atoms with van der Waals surface area (Å²) in [4.78, 5) is 15.3. The van der Waals surface area contributed by atoms with E-state index >= 15 is 0 Å². The molecule has 2 atom stereocenters. The maximum atomic E-state index is 12.9. The van der Waals surface area contributed by atoms with Crippen molar-refractivity contribution in [3.8, 4) is 11.5 Å². The lowest BCUT2D eigenvalue weighted by atomic mass is 9.77. The zero-order valence-electron chi connectivity index (χ0n) is 18.0. The van der Waals surface area contributed by atoms with Gasteiger partial charge in [0.15, 0.2) is 11.5 Å². The molecule has 0 radical (unpaired) electrons. The average molecular weight is 445 g/mol. The van der Waals surface area contributed by atoms with Crippen LogP contribution in [0.15, 0.2) is 12.1 Å². The van der Waals surface area contributed by atoms with Crippen molar-refractivity contribution in [1.82, 2.24) is 4.90 Å². The molecule has 0 unspecified atom stereocenters. The van der Waals surface area contributed by atoms with Gasteiger partial charge in [-0.15, -0.1) is 0 Å². The first-order valence-electron chi connectivity index (χ1n) is 9.96. The van der Waals surface area contributed by atoms with E-state index in [1.807, 2.05) is 6.07 Å². The second kappa shape index (κ2) is 10.9. The normalized spacial score (nSPS) is 21.3. The van der Waals surface area contributed by atoms with E-state index in [2.05, 4.69) is 24.8 Å². The van der Waals surface area contributed by atoms with Crippen molar-refractivity contribution < 1.29 is 18.7 Å². The summed E-state index contributed by atoms with van der Waals surface area (Å²) >= 11 is 0. The third-order valence-electron chi connectivity index (χ3n) is 6.36. The Kier molecular flexibility index (Phi) is 9.83. The third kappa shape index (κ3) is 5.82. The fraction of sp³-hybridized carbons (Fsp3) is 0.682. The largest absolute Gasteiger partial charge is 0.493 e. The number of nitrogens with zero attached hydrogens (tertiary/aromatic N) is 1. The molecule has 166 valence electrons. The van der Waals surface area contributed by atoms with E-state index in [1.165, 1.54) is 11.1 Å². The summed E-state index contributed by atoms with van der Waals surface area (Å²) in [7, 11) is 3.30.